The van der Waals surface area contributed by atoms with Crippen LogP contribution in [-0.4, -0.2) is 11.7 Å². The molecule has 2 fully saturated rings. The zero-order valence-corrected chi connectivity index (χ0v) is 7.68. The molecule has 2 saturated carbocycles. The lowest BCUT2D eigenvalue weighted by molar-refractivity contribution is 0.0769. The molecule has 12 heavy (non-hydrogen) atoms. The smallest absolute Gasteiger partial charge is 0.0527 e. The highest BCUT2D eigenvalue weighted by Crippen LogP contribution is 2.54. The molecule has 1 heteroatoms. The van der Waals surface area contributed by atoms with Crippen molar-refractivity contribution in [1.29, 1.82) is 0 Å². The number of hydrogen-bond acceptors (Lipinski definition) is 1. The van der Waals surface area contributed by atoms with Gasteiger partial charge in [0, 0.05) is 5.41 Å². The average Bonchev–Trinajstić information content (AvgIpc) is 2.45. The molecule has 0 spiro atoms. The van der Waals surface area contributed by atoms with E-state index >= 15 is 0 Å². The molecule has 0 aromatic rings. The lowest BCUT2D eigenvalue weighted by Crippen LogP contribution is -2.33. The van der Waals surface area contributed by atoms with Crippen molar-refractivity contribution in [2.45, 2.75) is 38.5 Å². The van der Waals surface area contributed by atoms with Crippen LogP contribution >= 0.6 is 0 Å². The zero-order chi connectivity index (χ0) is 8.60. The van der Waals surface area contributed by atoms with Crippen LogP contribution in [0, 0.1) is 11.3 Å². The maximum atomic E-state index is 9.46. The van der Waals surface area contributed by atoms with E-state index in [1.807, 2.05) is 0 Å². The molecular weight excluding hydrogens is 148 g/mol. The predicted octanol–water partition coefficient (Wildman–Crippen LogP) is 2.51. The van der Waals surface area contributed by atoms with Crippen LogP contribution < -0.4 is 0 Å². The molecule has 0 amide bonds. The van der Waals surface area contributed by atoms with Gasteiger partial charge in [-0.2, -0.15) is 0 Å². The Morgan fingerprint density at radius 2 is 2.25 bits per heavy atom. The van der Waals surface area contributed by atoms with Crippen molar-refractivity contribution in [3.05, 3.63) is 12.2 Å². The van der Waals surface area contributed by atoms with Crippen LogP contribution in [0.4, 0.5) is 0 Å². The molecule has 0 aromatic heterocycles. The second kappa shape index (κ2) is 2.88. The summed E-state index contributed by atoms with van der Waals surface area (Å²) >= 11 is 0. The van der Waals surface area contributed by atoms with Crippen LogP contribution in [0.1, 0.15) is 38.5 Å². The summed E-state index contributed by atoms with van der Waals surface area (Å²) in [5.74, 6) is 0.753. The molecule has 0 unspecified atom stereocenters. The van der Waals surface area contributed by atoms with Gasteiger partial charge in [-0.1, -0.05) is 25.0 Å². The van der Waals surface area contributed by atoms with Gasteiger partial charge in [0.05, 0.1) is 6.61 Å². The van der Waals surface area contributed by atoms with Gasteiger partial charge < -0.3 is 5.11 Å². The molecule has 2 rings (SSSR count). The minimum absolute atomic E-state index is 0.151. The SMILES string of the molecule is C=C1CC[C@@H]2CCCC[C@]12CO. The van der Waals surface area contributed by atoms with Gasteiger partial charge in [0.15, 0.2) is 0 Å². The summed E-state index contributed by atoms with van der Waals surface area (Å²) in [5, 5.41) is 9.46. The highest BCUT2D eigenvalue weighted by atomic mass is 16.3. The van der Waals surface area contributed by atoms with Crippen molar-refractivity contribution < 1.29 is 5.11 Å². The van der Waals surface area contributed by atoms with Crippen molar-refractivity contribution >= 4 is 0 Å². The molecular formula is C11H18O. The molecule has 1 N–H and O–H groups in total. The van der Waals surface area contributed by atoms with E-state index in [1.165, 1.54) is 37.7 Å². The molecule has 2 atom stereocenters. The number of fused-ring (bicyclic) bond motifs is 1. The highest BCUT2D eigenvalue weighted by Gasteiger charge is 2.45. The Labute approximate surface area is 74.5 Å². The Bertz CT molecular complexity index is 197. The van der Waals surface area contributed by atoms with E-state index < -0.39 is 0 Å². The molecule has 0 bridgehead atoms. The van der Waals surface area contributed by atoms with E-state index in [9.17, 15) is 5.11 Å². The first-order valence-corrected chi connectivity index (χ1v) is 5.09. The largest absolute Gasteiger partial charge is 0.395 e. The molecule has 0 radical (unpaired) electrons. The van der Waals surface area contributed by atoms with Gasteiger partial charge in [0.2, 0.25) is 0 Å². The van der Waals surface area contributed by atoms with Gasteiger partial charge in [-0.05, 0) is 31.6 Å². The second-order valence-electron chi connectivity index (χ2n) is 4.40. The zero-order valence-electron chi connectivity index (χ0n) is 7.68. The molecule has 0 saturated heterocycles. The summed E-state index contributed by atoms with van der Waals surface area (Å²) in [4.78, 5) is 0. The maximum absolute atomic E-state index is 9.46. The number of rotatable bonds is 1. The van der Waals surface area contributed by atoms with Crippen LogP contribution in [0.2, 0.25) is 0 Å². The monoisotopic (exact) mass is 166 g/mol. The van der Waals surface area contributed by atoms with E-state index in [2.05, 4.69) is 6.58 Å². The molecule has 0 aliphatic heterocycles. The molecule has 2 aliphatic carbocycles. The fourth-order valence-corrected chi connectivity index (χ4v) is 3.12. The number of aliphatic hydroxyl groups is 1. The van der Waals surface area contributed by atoms with E-state index in [0.29, 0.717) is 6.61 Å². The van der Waals surface area contributed by atoms with Crippen molar-refractivity contribution in [2.75, 3.05) is 6.61 Å². The summed E-state index contributed by atoms with van der Waals surface area (Å²) in [5.41, 5.74) is 1.48. The minimum Gasteiger partial charge on any atom is -0.395 e. The van der Waals surface area contributed by atoms with E-state index in [1.54, 1.807) is 0 Å². The Morgan fingerprint density at radius 1 is 1.42 bits per heavy atom. The summed E-state index contributed by atoms with van der Waals surface area (Å²) in [6.45, 7) is 4.47. The van der Waals surface area contributed by atoms with Gasteiger partial charge >= 0.3 is 0 Å². The van der Waals surface area contributed by atoms with Crippen molar-refractivity contribution in [2.24, 2.45) is 11.3 Å². The lowest BCUT2D eigenvalue weighted by atomic mass is 9.67. The Hall–Kier alpha value is -0.300. The van der Waals surface area contributed by atoms with Crippen LogP contribution in [0.5, 0.6) is 0 Å². The van der Waals surface area contributed by atoms with E-state index in [-0.39, 0.29) is 5.41 Å². The number of aliphatic hydroxyl groups excluding tert-OH is 1. The topological polar surface area (TPSA) is 20.2 Å². The van der Waals surface area contributed by atoms with Gasteiger partial charge in [0.1, 0.15) is 0 Å². The normalized spacial score (nSPS) is 41.4. The average molecular weight is 166 g/mol. The van der Waals surface area contributed by atoms with Gasteiger partial charge in [-0.25, -0.2) is 0 Å². The first kappa shape index (κ1) is 8.31. The predicted molar refractivity (Wildman–Crippen MR) is 49.9 cm³/mol. The van der Waals surface area contributed by atoms with Crippen molar-refractivity contribution in [3.63, 3.8) is 0 Å². The third kappa shape index (κ3) is 0.957. The summed E-state index contributed by atoms with van der Waals surface area (Å²) in [6.07, 6.45) is 7.59. The Morgan fingerprint density at radius 3 is 2.92 bits per heavy atom. The van der Waals surface area contributed by atoms with Gasteiger partial charge in [-0.3, -0.25) is 0 Å². The second-order valence-corrected chi connectivity index (χ2v) is 4.40. The third-order valence-corrected chi connectivity index (χ3v) is 3.99. The molecule has 0 aromatic carbocycles. The molecule has 68 valence electrons. The fraction of sp³-hybridized carbons (Fsp3) is 0.818. The van der Waals surface area contributed by atoms with Gasteiger partial charge in [0.25, 0.3) is 0 Å². The van der Waals surface area contributed by atoms with E-state index in [4.69, 9.17) is 0 Å². The van der Waals surface area contributed by atoms with E-state index in [0.717, 1.165) is 12.3 Å². The minimum atomic E-state index is 0.151. The standard InChI is InChI=1S/C11H18O/c1-9-5-6-10-4-2-3-7-11(9,10)8-12/h10,12H,1-8H2/t10-,11-/m0/s1. The van der Waals surface area contributed by atoms with Crippen molar-refractivity contribution in [3.8, 4) is 0 Å². The quantitative estimate of drug-likeness (QED) is 0.593. The van der Waals surface area contributed by atoms with Crippen LogP contribution in [0.3, 0.4) is 0 Å². The lowest BCUT2D eigenvalue weighted by Gasteiger charge is -2.38. The third-order valence-electron chi connectivity index (χ3n) is 3.99. The number of hydrogen-bond donors (Lipinski definition) is 1. The Kier molecular flexibility index (Phi) is 1.99. The molecule has 1 nitrogen and oxygen atoms in total. The molecule has 0 heterocycles. The fourth-order valence-electron chi connectivity index (χ4n) is 3.12. The summed E-state index contributed by atoms with van der Waals surface area (Å²) in [7, 11) is 0. The van der Waals surface area contributed by atoms with Crippen LogP contribution in [0.25, 0.3) is 0 Å². The Balaban J connectivity index is 2.25. The maximum Gasteiger partial charge on any atom is 0.0527 e. The van der Waals surface area contributed by atoms with Crippen LogP contribution in [-0.2, 0) is 0 Å². The first-order chi connectivity index (χ1) is 5.79. The summed E-state index contributed by atoms with van der Waals surface area (Å²) in [6, 6.07) is 0. The molecule has 2 aliphatic rings. The highest BCUT2D eigenvalue weighted by molar-refractivity contribution is 5.19. The van der Waals surface area contributed by atoms with Crippen LogP contribution in [0.15, 0.2) is 12.2 Å². The van der Waals surface area contributed by atoms with Gasteiger partial charge in [-0.15, -0.1) is 0 Å². The van der Waals surface area contributed by atoms with Crippen molar-refractivity contribution in [1.82, 2.24) is 0 Å². The summed E-state index contributed by atoms with van der Waals surface area (Å²) < 4.78 is 0. The first-order valence-electron chi connectivity index (χ1n) is 5.09.